The van der Waals surface area contributed by atoms with Crippen LogP contribution < -0.4 is 0 Å². The van der Waals surface area contributed by atoms with E-state index >= 15 is 0 Å². The second-order valence-corrected chi connectivity index (χ2v) is 37.2. The van der Waals surface area contributed by atoms with Crippen LogP contribution >= 0.6 is 0 Å². The van der Waals surface area contributed by atoms with Crippen LogP contribution in [0.1, 0.15) is 119 Å². The molecular weight excluding hydrogens is 646 g/mol. The van der Waals surface area contributed by atoms with Crippen LogP contribution in [0.15, 0.2) is 56.8 Å². The topological polar surface area (TPSA) is 0 Å². The zero-order valence-electron chi connectivity index (χ0n) is 25.5. The minimum atomic E-state index is -2.12. The van der Waals surface area contributed by atoms with Crippen LogP contribution in [0.2, 0.25) is 26.6 Å². The van der Waals surface area contributed by atoms with Crippen molar-refractivity contribution in [3.8, 4) is 0 Å². The maximum absolute atomic E-state index is 2.76. The van der Waals surface area contributed by atoms with Crippen molar-refractivity contribution in [1.82, 2.24) is 0 Å². The van der Waals surface area contributed by atoms with Crippen LogP contribution in [0.3, 0.4) is 0 Å². The van der Waals surface area contributed by atoms with E-state index in [1.807, 2.05) is 0 Å². The summed E-state index contributed by atoms with van der Waals surface area (Å²) in [4.78, 5) is 0. The minimum absolute atomic E-state index is 1.35. The van der Waals surface area contributed by atoms with Gasteiger partial charge in [0.25, 0.3) is 0 Å². The Hall–Kier alpha value is 0.297. The summed E-state index contributed by atoms with van der Waals surface area (Å²) in [5.74, 6) is 0. The first-order valence-corrected chi connectivity index (χ1v) is 31.3. The first kappa shape index (κ1) is 36.3. The van der Waals surface area contributed by atoms with E-state index in [4.69, 9.17) is 0 Å². The van der Waals surface area contributed by atoms with Crippen molar-refractivity contribution in [3.05, 3.63) is 56.8 Å². The molecule has 0 heterocycles. The molecule has 0 N–H and O–H groups in total. The molecule has 0 atom stereocenters. The molecule has 2 heteroatoms. The standard InChI is InChI=1S/C10H10.6C4H9.2Sn/c1-3-5-7-9-10-8-6-4-2;6*1-3-4-2;;/h1-10H;6*1,3-4H2,2H3;;/b3-1?,4-2?,7-5+,8-6+,10-9-;;;;;;;;. The van der Waals surface area contributed by atoms with E-state index in [1.54, 1.807) is 26.6 Å². The van der Waals surface area contributed by atoms with E-state index in [-0.39, 0.29) is 0 Å². The van der Waals surface area contributed by atoms with Crippen molar-refractivity contribution in [2.45, 2.75) is 145 Å². The quantitative estimate of drug-likeness (QED) is 0.0691. The Morgan fingerprint density at radius 3 is 0.694 bits per heavy atom. The van der Waals surface area contributed by atoms with E-state index in [0.717, 1.165) is 0 Å². The third-order valence-electron chi connectivity index (χ3n) is 7.85. The number of hydrogen-bond acceptors (Lipinski definition) is 0. The van der Waals surface area contributed by atoms with Gasteiger partial charge in [-0.3, -0.25) is 0 Å². The summed E-state index contributed by atoms with van der Waals surface area (Å²) in [7, 11) is 0. The average molecular weight is 710 g/mol. The van der Waals surface area contributed by atoms with Gasteiger partial charge in [0.2, 0.25) is 0 Å². The van der Waals surface area contributed by atoms with E-state index < -0.39 is 36.8 Å². The van der Waals surface area contributed by atoms with Crippen molar-refractivity contribution in [3.63, 3.8) is 0 Å². The fourth-order valence-electron chi connectivity index (χ4n) is 5.33. The van der Waals surface area contributed by atoms with Crippen LogP contribution in [-0.4, -0.2) is 36.8 Å². The van der Waals surface area contributed by atoms with Gasteiger partial charge in [0.05, 0.1) is 0 Å². The molecule has 0 aliphatic carbocycles. The zero-order chi connectivity index (χ0) is 26.8. The molecule has 0 unspecified atom stereocenters. The van der Waals surface area contributed by atoms with Gasteiger partial charge in [0.1, 0.15) is 0 Å². The SMILES string of the molecule is CCC[CH2][Sn](/[CH]=C/C=C/C=C\C=C\C=[CH]\[Sn]([CH2]CCC)([CH2]CCC)[CH2]CCC)([CH2]CCC)[CH2]CCC. The molecular formula is C34H64Sn2. The Labute approximate surface area is 237 Å². The molecule has 0 bridgehead atoms. The van der Waals surface area contributed by atoms with Crippen molar-refractivity contribution in [2.24, 2.45) is 0 Å². The summed E-state index contributed by atoms with van der Waals surface area (Å²) >= 11 is -4.24. The zero-order valence-corrected chi connectivity index (χ0v) is 31.2. The molecule has 0 aromatic carbocycles. The summed E-state index contributed by atoms with van der Waals surface area (Å²) in [6, 6.07) is 0. The van der Waals surface area contributed by atoms with Crippen molar-refractivity contribution in [2.75, 3.05) is 0 Å². The summed E-state index contributed by atoms with van der Waals surface area (Å²) in [6.45, 7) is 14.2. The predicted octanol–water partition coefficient (Wildman–Crippen LogP) is 12.5. The molecule has 0 aliphatic rings. The van der Waals surface area contributed by atoms with E-state index in [9.17, 15) is 0 Å². The van der Waals surface area contributed by atoms with Gasteiger partial charge in [-0.15, -0.1) is 0 Å². The molecule has 0 aromatic heterocycles. The summed E-state index contributed by atoms with van der Waals surface area (Å²) in [5, 5.41) is 0. The molecule has 36 heavy (non-hydrogen) atoms. The Kier molecular flexibility index (Phi) is 25.8. The molecule has 0 fully saturated rings. The van der Waals surface area contributed by atoms with Gasteiger partial charge in [0, 0.05) is 0 Å². The Morgan fingerprint density at radius 2 is 0.500 bits per heavy atom. The van der Waals surface area contributed by atoms with Crippen LogP contribution in [0.4, 0.5) is 0 Å². The third kappa shape index (κ3) is 18.5. The molecule has 0 amide bonds. The predicted molar refractivity (Wildman–Crippen MR) is 175 cm³/mol. The molecule has 0 aliphatic heterocycles. The average Bonchev–Trinajstić information content (AvgIpc) is 2.90. The maximum atomic E-state index is 2.76. The monoisotopic (exact) mass is 712 g/mol. The fraction of sp³-hybridized carbons (Fsp3) is 0.706. The van der Waals surface area contributed by atoms with Gasteiger partial charge in [0.15, 0.2) is 0 Å². The second-order valence-electron chi connectivity index (χ2n) is 11.2. The summed E-state index contributed by atoms with van der Waals surface area (Å²) in [6.07, 6.45) is 35.0. The number of unbranched alkanes of at least 4 members (excludes halogenated alkanes) is 6. The Morgan fingerprint density at radius 1 is 0.306 bits per heavy atom. The molecule has 0 spiro atoms. The molecule has 0 saturated heterocycles. The number of rotatable bonds is 24. The molecule has 0 radical (unpaired) electrons. The number of hydrogen-bond donors (Lipinski definition) is 0. The first-order chi connectivity index (χ1) is 17.6. The molecule has 208 valence electrons. The van der Waals surface area contributed by atoms with Gasteiger partial charge in [-0.25, -0.2) is 0 Å². The molecule has 0 nitrogen and oxygen atoms in total. The van der Waals surface area contributed by atoms with Gasteiger partial charge < -0.3 is 0 Å². The molecule has 0 rings (SSSR count). The van der Waals surface area contributed by atoms with Gasteiger partial charge >= 0.3 is 239 Å². The van der Waals surface area contributed by atoms with E-state index in [2.05, 4.69) is 98.3 Å². The van der Waals surface area contributed by atoms with E-state index in [1.165, 1.54) is 77.0 Å². The fourth-order valence-corrected chi connectivity index (χ4v) is 33.5. The van der Waals surface area contributed by atoms with Crippen LogP contribution in [0.25, 0.3) is 0 Å². The van der Waals surface area contributed by atoms with Crippen LogP contribution in [-0.2, 0) is 0 Å². The van der Waals surface area contributed by atoms with Crippen molar-refractivity contribution in [1.29, 1.82) is 0 Å². The molecule has 0 saturated carbocycles. The Bertz CT molecular complexity index is 526. The third-order valence-corrected chi connectivity index (χ3v) is 36.1. The first-order valence-electron chi connectivity index (χ1n) is 15.9. The van der Waals surface area contributed by atoms with Gasteiger partial charge in [-0.2, -0.15) is 0 Å². The van der Waals surface area contributed by atoms with Crippen LogP contribution in [0, 0.1) is 0 Å². The Balaban J connectivity index is 5.10. The number of allylic oxidation sites excluding steroid dienone is 8. The van der Waals surface area contributed by atoms with Crippen molar-refractivity contribution >= 4 is 36.8 Å². The van der Waals surface area contributed by atoms with E-state index in [0.29, 0.717) is 0 Å². The summed E-state index contributed by atoms with van der Waals surface area (Å²) < 4.78 is 14.9. The van der Waals surface area contributed by atoms with Crippen LogP contribution in [0.5, 0.6) is 0 Å². The normalized spacial score (nSPS) is 13.6. The summed E-state index contributed by atoms with van der Waals surface area (Å²) in [5.41, 5.74) is 0. The van der Waals surface area contributed by atoms with Crippen molar-refractivity contribution < 1.29 is 0 Å². The second kappa shape index (κ2) is 25.6. The molecule has 0 aromatic rings. The van der Waals surface area contributed by atoms with Gasteiger partial charge in [-0.05, 0) is 0 Å². The van der Waals surface area contributed by atoms with Gasteiger partial charge in [-0.1, -0.05) is 0 Å².